The normalized spacial score (nSPS) is 24.0. The Balaban J connectivity index is 0. The van der Waals surface area contributed by atoms with Gasteiger partial charge >= 0.3 is 43.4 Å². The molecule has 42 heavy (non-hydrogen) atoms. The van der Waals surface area contributed by atoms with Gasteiger partial charge in [-0.1, -0.05) is 89.1 Å². The number of hydrogen-bond acceptors (Lipinski definition) is 2. The summed E-state index contributed by atoms with van der Waals surface area (Å²) < 4.78 is 0.379. The van der Waals surface area contributed by atoms with Crippen molar-refractivity contribution in [3.8, 4) is 0 Å². The molecule has 6 heteroatoms. The van der Waals surface area contributed by atoms with Gasteiger partial charge in [-0.05, 0) is 61.9 Å². The van der Waals surface area contributed by atoms with Crippen molar-refractivity contribution < 1.29 is 68.2 Å². The third-order valence-corrected chi connectivity index (χ3v) is 13.1. The van der Waals surface area contributed by atoms with Gasteiger partial charge in [0.05, 0.1) is 0 Å². The molecule has 2 atom stereocenters. The SMILES string of the molecule is CCCSC1(C(C)(C)C2=[C-]CC=C2)CC=CC=C1C.CCCSC1(C(C)(C)C2=[C-]CC=C2)CC=CC=C1C.[Cl-].[Cl-].[Ti+2].[Ti+2]. The van der Waals surface area contributed by atoms with Crippen molar-refractivity contribution in [3.05, 3.63) is 95.2 Å². The maximum Gasteiger partial charge on any atom is 2.00 e. The van der Waals surface area contributed by atoms with Gasteiger partial charge in [-0.2, -0.15) is 12.2 Å². The quantitative estimate of drug-likeness (QED) is 0.232. The number of halogens is 2. The first-order chi connectivity index (χ1) is 18.1. The van der Waals surface area contributed by atoms with Gasteiger partial charge in [-0.3, -0.25) is 12.2 Å². The Morgan fingerprint density at radius 2 is 1.02 bits per heavy atom. The smallest absolute Gasteiger partial charge is 1.00 e. The third-order valence-electron chi connectivity index (χ3n) is 8.91. The molecule has 0 nitrogen and oxygen atoms in total. The van der Waals surface area contributed by atoms with Crippen LogP contribution in [0, 0.1) is 23.0 Å². The van der Waals surface area contributed by atoms with E-state index in [1.807, 2.05) is 0 Å². The second-order valence-electron chi connectivity index (χ2n) is 12.0. The number of rotatable bonds is 10. The van der Waals surface area contributed by atoms with Crippen LogP contribution < -0.4 is 24.8 Å². The van der Waals surface area contributed by atoms with Crippen LogP contribution in [0.4, 0.5) is 0 Å². The summed E-state index contributed by atoms with van der Waals surface area (Å²) in [7, 11) is 0. The monoisotopic (exact) mass is 712 g/mol. The second kappa shape index (κ2) is 20.0. The van der Waals surface area contributed by atoms with Gasteiger partial charge in [0.1, 0.15) is 0 Å². The van der Waals surface area contributed by atoms with E-state index in [1.165, 1.54) is 46.6 Å². The Hall–Kier alpha value is 0.629. The van der Waals surface area contributed by atoms with Gasteiger partial charge in [0, 0.05) is 9.49 Å². The fraction of sp³-hybridized carbons (Fsp3) is 0.556. The van der Waals surface area contributed by atoms with Crippen LogP contribution in [-0.2, 0) is 43.4 Å². The Labute approximate surface area is 310 Å². The molecule has 0 saturated carbocycles. The summed E-state index contributed by atoms with van der Waals surface area (Å²) >= 11 is 4.26. The predicted molar refractivity (Wildman–Crippen MR) is 175 cm³/mol. The topological polar surface area (TPSA) is 0 Å². The number of allylic oxidation sites excluding steroid dienone is 14. The van der Waals surface area contributed by atoms with Gasteiger partial charge in [0.15, 0.2) is 0 Å². The van der Waals surface area contributed by atoms with Gasteiger partial charge in [-0.25, -0.2) is 23.3 Å². The maximum absolute atomic E-state index is 3.56. The summed E-state index contributed by atoms with van der Waals surface area (Å²) in [4.78, 5) is 0. The molecular weight excluding hydrogens is 663 g/mol. The molecule has 0 amide bonds. The molecule has 0 aromatic carbocycles. The van der Waals surface area contributed by atoms with E-state index in [4.69, 9.17) is 0 Å². The van der Waals surface area contributed by atoms with Crippen LogP contribution in [0.5, 0.6) is 0 Å². The molecule has 0 radical (unpaired) electrons. The van der Waals surface area contributed by atoms with Gasteiger partial charge < -0.3 is 24.8 Å². The molecule has 0 aliphatic heterocycles. The van der Waals surface area contributed by atoms with E-state index in [-0.39, 0.29) is 88.6 Å². The van der Waals surface area contributed by atoms with Crippen LogP contribution in [0.15, 0.2) is 83.1 Å². The molecule has 4 rings (SSSR count). The molecular formula is C36H50Cl2S2Ti2. The van der Waals surface area contributed by atoms with Crippen molar-refractivity contribution in [3.63, 3.8) is 0 Å². The predicted octanol–water partition coefficient (Wildman–Crippen LogP) is 4.98. The molecule has 2 unspecified atom stereocenters. The van der Waals surface area contributed by atoms with Crippen LogP contribution in [0.1, 0.15) is 93.9 Å². The summed E-state index contributed by atoms with van der Waals surface area (Å²) in [6.45, 7) is 18.7. The second-order valence-corrected chi connectivity index (χ2v) is 14.7. The molecule has 4 aliphatic carbocycles. The van der Waals surface area contributed by atoms with Crippen LogP contribution >= 0.6 is 23.5 Å². The first-order valence-corrected chi connectivity index (χ1v) is 16.6. The van der Waals surface area contributed by atoms with E-state index >= 15 is 0 Å². The Bertz CT molecular complexity index is 1010. The van der Waals surface area contributed by atoms with Crippen molar-refractivity contribution in [2.45, 2.75) is 103 Å². The first-order valence-electron chi connectivity index (χ1n) is 14.6. The third kappa shape index (κ3) is 9.35. The molecule has 0 N–H and O–H groups in total. The standard InChI is InChI=1S/2C18H25S.2ClH.2Ti/c2*1-5-14-19-18(13-9-8-10-15(18)2)17(3,4)16-11-6-7-12-16;;;;/h2*6,8-11H,5,7,13-14H2,1-4H3;2*1H;;/q2*-1;;;2*+2/p-2. The Kier molecular flexibility index (Phi) is 21.3. The molecule has 0 aromatic rings. The Morgan fingerprint density at radius 3 is 1.29 bits per heavy atom. The number of thioether (sulfide) groups is 2. The summed E-state index contributed by atoms with van der Waals surface area (Å²) in [5.41, 5.74) is 6.05. The largest absolute Gasteiger partial charge is 2.00 e. The molecule has 0 aromatic heterocycles. The molecule has 0 heterocycles. The minimum absolute atomic E-state index is 0. The van der Waals surface area contributed by atoms with Crippen molar-refractivity contribution >= 4 is 23.5 Å². The maximum atomic E-state index is 3.56. The van der Waals surface area contributed by atoms with E-state index in [0.29, 0.717) is 0 Å². The molecule has 0 fully saturated rings. The summed E-state index contributed by atoms with van der Waals surface area (Å²) in [6, 6.07) is 0. The zero-order chi connectivity index (χ0) is 27.9. The molecule has 0 spiro atoms. The summed E-state index contributed by atoms with van der Waals surface area (Å²) in [6.07, 6.45) is 36.5. The van der Waals surface area contributed by atoms with Crippen molar-refractivity contribution in [2.75, 3.05) is 11.5 Å². The van der Waals surface area contributed by atoms with Crippen LogP contribution in [0.3, 0.4) is 0 Å². The van der Waals surface area contributed by atoms with Crippen molar-refractivity contribution in [1.82, 2.24) is 0 Å². The Morgan fingerprint density at radius 1 is 0.667 bits per heavy atom. The molecule has 4 aliphatic rings. The molecule has 0 bridgehead atoms. The van der Waals surface area contributed by atoms with E-state index in [9.17, 15) is 0 Å². The average molecular weight is 714 g/mol. The van der Waals surface area contributed by atoms with Crippen molar-refractivity contribution in [1.29, 1.82) is 0 Å². The zero-order valence-corrected chi connectivity index (χ0v) is 33.3. The fourth-order valence-electron chi connectivity index (χ4n) is 6.34. The van der Waals surface area contributed by atoms with Crippen LogP contribution in [-0.4, -0.2) is 21.0 Å². The number of hydrogen-bond donors (Lipinski definition) is 0. The first kappa shape index (κ1) is 44.8. The fourth-order valence-corrected chi connectivity index (χ4v) is 9.41. The van der Waals surface area contributed by atoms with Gasteiger partial charge in [-0.15, -0.1) is 36.4 Å². The molecule has 228 valence electrons. The van der Waals surface area contributed by atoms with E-state index in [0.717, 1.165) is 25.7 Å². The summed E-state index contributed by atoms with van der Waals surface area (Å²) in [5.74, 6) is 2.44. The van der Waals surface area contributed by atoms with Crippen molar-refractivity contribution in [2.24, 2.45) is 10.8 Å². The average Bonchev–Trinajstić information content (AvgIpc) is 3.64. The molecule has 0 saturated heterocycles. The van der Waals surface area contributed by atoms with Crippen LogP contribution in [0.2, 0.25) is 0 Å². The van der Waals surface area contributed by atoms with Gasteiger partial charge in [0.2, 0.25) is 0 Å². The van der Waals surface area contributed by atoms with Crippen LogP contribution in [0.25, 0.3) is 0 Å². The van der Waals surface area contributed by atoms with E-state index < -0.39 is 0 Å². The summed E-state index contributed by atoms with van der Waals surface area (Å²) in [5, 5.41) is 0. The van der Waals surface area contributed by atoms with E-state index in [1.54, 1.807) is 0 Å². The zero-order valence-electron chi connectivity index (χ0n) is 27.0. The van der Waals surface area contributed by atoms with E-state index in [2.05, 4.69) is 152 Å². The van der Waals surface area contributed by atoms with Gasteiger partial charge in [0.25, 0.3) is 0 Å². The minimum atomic E-state index is 0. The minimum Gasteiger partial charge on any atom is -1.00 e.